The molecule has 1 saturated heterocycles. The van der Waals surface area contributed by atoms with Crippen molar-refractivity contribution in [2.45, 2.75) is 25.2 Å². The fourth-order valence-electron chi connectivity index (χ4n) is 4.53. The van der Waals surface area contributed by atoms with E-state index < -0.39 is 5.41 Å². The highest BCUT2D eigenvalue weighted by molar-refractivity contribution is 7.09. The Bertz CT molecular complexity index is 1350. The minimum atomic E-state index is -0.700. The van der Waals surface area contributed by atoms with Crippen LogP contribution in [-0.4, -0.2) is 59.3 Å². The van der Waals surface area contributed by atoms with Crippen LogP contribution in [0.1, 0.15) is 23.4 Å². The highest BCUT2D eigenvalue weighted by atomic mass is 32.1. The molecule has 0 bridgehead atoms. The molecule has 4 aromatic rings. The molecule has 0 aliphatic carbocycles. The molecule has 9 nitrogen and oxygen atoms in total. The second-order valence-electron chi connectivity index (χ2n) is 9.12. The quantitative estimate of drug-likeness (QED) is 0.299. The number of thiazole rings is 1. The number of anilines is 2. The minimum Gasteiger partial charge on any atom is -0.383 e. The van der Waals surface area contributed by atoms with Crippen molar-refractivity contribution in [1.82, 2.24) is 19.9 Å². The lowest BCUT2D eigenvalue weighted by Crippen LogP contribution is -2.45. The van der Waals surface area contributed by atoms with Crippen LogP contribution in [0.5, 0.6) is 0 Å². The summed E-state index contributed by atoms with van der Waals surface area (Å²) in [4.78, 5) is 31.5. The molecule has 1 aliphatic rings. The van der Waals surface area contributed by atoms with E-state index in [2.05, 4.69) is 30.6 Å². The van der Waals surface area contributed by atoms with Crippen LogP contribution in [0.3, 0.4) is 0 Å². The Morgan fingerprint density at radius 1 is 1.00 bits per heavy atom. The molecule has 1 aromatic carbocycles. The summed E-state index contributed by atoms with van der Waals surface area (Å²) in [5.74, 6) is 1.00. The van der Waals surface area contributed by atoms with Crippen LogP contribution in [0.25, 0.3) is 22.4 Å². The Balaban J connectivity index is 1.32. The monoisotopic (exact) mass is 530 g/mol. The van der Waals surface area contributed by atoms with Crippen LogP contribution in [0.4, 0.5) is 11.8 Å². The van der Waals surface area contributed by atoms with E-state index in [0.29, 0.717) is 51.0 Å². The van der Waals surface area contributed by atoms with E-state index in [1.54, 1.807) is 37.0 Å². The largest absolute Gasteiger partial charge is 0.383 e. The van der Waals surface area contributed by atoms with Gasteiger partial charge in [-0.1, -0.05) is 24.3 Å². The van der Waals surface area contributed by atoms with Crippen molar-refractivity contribution in [3.05, 3.63) is 70.9 Å². The fraction of sp³-hybridized carbons (Fsp3) is 0.321. The molecular formula is C28H30N6O3S. The molecule has 0 atom stereocenters. The molecule has 5 rings (SSSR count). The smallest absolute Gasteiger partial charge is 0.236 e. The van der Waals surface area contributed by atoms with Crippen molar-refractivity contribution in [3.63, 3.8) is 0 Å². The molecular weight excluding hydrogens is 500 g/mol. The highest BCUT2D eigenvalue weighted by Gasteiger charge is 2.42. The van der Waals surface area contributed by atoms with Crippen LogP contribution >= 0.6 is 11.3 Å². The van der Waals surface area contributed by atoms with Crippen molar-refractivity contribution in [1.29, 1.82) is 0 Å². The van der Waals surface area contributed by atoms with E-state index in [1.807, 2.05) is 48.7 Å². The van der Waals surface area contributed by atoms with Gasteiger partial charge in [0.15, 0.2) is 0 Å². The minimum absolute atomic E-state index is 0.0758. The Morgan fingerprint density at radius 2 is 1.71 bits per heavy atom. The van der Waals surface area contributed by atoms with Gasteiger partial charge in [-0.15, -0.1) is 11.3 Å². The van der Waals surface area contributed by atoms with E-state index in [-0.39, 0.29) is 5.91 Å². The maximum Gasteiger partial charge on any atom is 0.236 e. The Morgan fingerprint density at radius 3 is 2.34 bits per heavy atom. The first-order chi connectivity index (χ1) is 18.6. The van der Waals surface area contributed by atoms with E-state index >= 15 is 0 Å². The molecule has 1 fully saturated rings. The van der Waals surface area contributed by atoms with E-state index in [9.17, 15) is 4.79 Å². The number of carbonyl (C=O) groups is 1. The molecule has 4 heterocycles. The summed E-state index contributed by atoms with van der Waals surface area (Å²) < 4.78 is 10.7. The van der Waals surface area contributed by atoms with Gasteiger partial charge in [0.05, 0.1) is 22.7 Å². The number of hydrogen-bond donors (Lipinski definition) is 2. The van der Waals surface area contributed by atoms with Gasteiger partial charge in [0, 0.05) is 62.0 Å². The number of aromatic nitrogens is 4. The molecule has 38 heavy (non-hydrogen) atoms. The topological polar surface area (TPSA) is 111 Å². The first-order valence-electron chi connectivity index (χ1n) is 12.5. The van der Waals surface area contributed by atoms with Crippen LogP contribution in [0.15, 0.2) is 60.4 Å². The number of rotatable bonds is 9. The summed E-state index contributed by atoms with van der Waals surface area (Å²) >= 11 is 1.60. The summed E-state index contributed by atoms with van der Waals surface area (Å²) in [7, 11) is 1.66. The third-order valence-corrected chi connectivity index (χ3v) is 7.49. The van der Waals surface area contributed by atoms with Crippen molar-refractivity contribution in [3.8, 4) is 22.4 Å². The predicted molar refractivity (Wildman–Crippen MR) is 148 cm³/mol. The number of hydrogen-bond acceptors (Lipinski definition) is 9. The van der Waals surface area contributed by atoms with Crippen LogP contribution in [-0.2, 0) is 19.7 Å². The van der Waals surface area contributed by atoms with Crippen molar-refractivity contribution in [2.24, 2.45) is 0 Å². The van der Waals surface area contributed by atoms with E-state index in [1.165, 1.54) is 0 Å². The fourth-order valence-corrected chi connectivity index (χ4v) is 5.16. The Hall–Kier alpha value is -3.73. The van der Waals surface area contributed by atoms with Gasteiger partial charge in [-0.25, -0.2) is 19.9 Å². The lowest BCUT2D eigenvalue weighted by molar-refractivity contribution is -0.125. The molecule has 1 amide bonds. The van der Waals surface area contributed by atoms with Crippen LogP contribution in [0, 0.1) is 6.92 Å². The normalized spacial score (nSPS) is 14.7. The van der Waals surface area contributed by atoms with Gasteiger partial charge in [-0.3, -0.25) is 4.79 Å². The molecule has 0 spiro atoms. The lowest BCUT2D eigenvalue weighted by atomic mass is 9.73. The first-order valence-corrected chi connectivity index (χ1v) is 13.4. The number of amides is 1. The average molecular weight is 531 g/mol. The van der Waals surface area contributed by atoms with Gasteiger partial charge in [0.1, 0.15) is 5.82 Å². The van der Waals surface area contributed by atoms with Crippen LogP contribution < -0.4 is 10.6 Å². The Kier molecular flexibility index (Phi) is 8.02. The number of nitrogens with zero attached hydrogens (tertiary/aromatic N) is 4. The zero-order chi connectivity index (χ0) is 26.4. The van der Waals surface area contributed by atoms with E-state index in [0.717, 1.165) is 33.0 Å². The molecule has 0 radical (unpaired) electrons. The molecule has 2 N–H and O–H groups in total. The van der Waals surface area contributed by atoms with E-state index in [4.69, 9.17) is 9.47 Å². The number of ether oxygens (including phenoxy) is 2. The Labute approximate surface area is 225 Å². The molecule has 10 heteroatoms. The summed E-state index contributed by atoms with van der Waals surface area (Å²) in [6.07, 6.45) is 6.52. The molecule has 0 unspecified atom stereocenters. The zero-order valence-corrected chi connectivity index (χ0v) is 22.3. The summed E-state index contributed by atoms with van der Waals surface area (Å²) in [5, 5.41) is 9.17. The van der Waals surface area contributed by atoms with Crippen molar-refractivity contribution < 1.29 is 14.3 Å². The second kappa shape index (κ2) is 11.8. The SMILES string of the molecule is COCCNc1ncc(-c2ccc(C3(C(=O)Nc4ccc(-c5csc(C)n5)cn4)CCOCC3)cc2)cn1. The number of nitrogens with one attached hydrogen (secondary N) is 2. The average Bonchev–Trinajstić information content (AvgIpc) is 3.40. The molecule has 3 aromatic heterocycles. The standard InChI is InChI=1S/C28H30N6O3S/c1-19-33-24(18-38-19)21-5-8-25(30-15-21)34-26(35)28(9-12-37-13-10-28)23-6-3-20(4-7-23)22-16-31-27(32-17-22)29-11-14-36-2/h3-8,15-18H,9-14H2,1-2H3,(H,29,31,32)(H,30,34,35). The summed E-state index contributed by atoms with van der Waals surface area (Å²) in [6, 6.07) is 11.8. The molecule has 0 saturated carbocycles. The molecule has 196 valence electrons. The second-order valence-corrected chi connectivity index (χ2v) is 10.2. The number of aryl methyl sites for hydroxylation is 1. The van der Waals surface area contributed by atoms with Gasteiger partial charge in [-0.05, 0) is 43.0 Å². The van der Waals surface area contributed by atoms with Gasteiger partial charge in [0.2, 0.25) is 11.9 Å². The summed E-state index contributed by atoms with van der Waals surface area (Å²) in [6.45, 7) is 4.25. The third kappa shape index (κ3) is 5.72. The predicted octanol–water partition coefficient (Wildman–Crippen LogP) is 4.72. The lowest BCUT2D eigenvalue weighted by Gasteiger charge is -2.36. The van der Waals surface area contributed by atoms with Gasteiger partial charge < -0.3 is 20.1 Å². The third-order valence-electron chi connectivity index (χ3n) is 6.71. The summed E-state index contributed by atoms with van der Waals surface area (Å²) in [5.41, 5.74) is 3.95. The zero-order valence-electron chi connectivity index (χ0n) is 21.4. The van der Waals surface area contributed by atoms with Crippen molar-refractivity contribution in [2.75, 3.05) is 44.1 Å². The maximum atomic E-state index is 13.7. The van der Waals surface area contributed by atoms with Gasteiger partial charge >= 0.3 is 0 Å². The number of methoxy groups -OCH3 is 1. The van der Waals surface area contributed by atoms with Gasteiger partial charge in [-0.2, -0.15) is 0 Å². The number of pyridine rings is 1. The maximum absolute atomic E-state index is 13.7. The highest BCUT2D eigenvalue weighted by Crippen LogP contribution is 2.37. The van der Waals surface area contributed by atoms with Crippen LogP contribution in [0.2, 0.25) is 0 Å². The van der Waals surface area contributed by atoms with Crippen molar-refractivity contribution >= 4 is 29.0 Å². The number of benzene rings is 1. The first kappa shape index (κ1) is 25.9. The van der Waals surface area contributed by atoms with Gasteiger partial charge in [0.25, 0.3) is 0 Å². The number of carbonyl (C=O) groups excluding carboxylic acids is 1. The molecule has 1 aliphatic heterocycles.